The van der Waals surface area contributed by atoms with E-state index >= 15 is 0 Å². The Morgan fingerprint density at radius 1 is 1.24 bits per heavy atom. The maximum Gasteiger partial charge on any atom is 0.255 e. The van der Waals surface area contributed by atoms with Gasteiger partial charge in [0, 0.05) is 48.4 Å². The molecule has 0 saturated carbocycles. The molecule has 0 aliphatic carbocycles. The van der Waals surface area contributed by atoms with Crippen molar-refractivity contribution < 1.29 is 9.52 Å². The zero-order valence-corrected chi connectivity index (χ0v) is 17.3. The highest BCUT2D eigenvalue weighted by atomic mass is 32.2. The number of aromatic amines is 1. The Bertz CT molecular complexity index is 986. The predicted octanol–water partition coefficient (Wildman–Crippen LogP) is 2.46. The smallest absolute Gasteiger partial charge is 0.255 e. The van der Waals surface area contributed by atoms with E-state index in [1.165, 1.54) is 24.5 Å². The molecule has 3 aromatic heterocycles. The predicted molar refractivity (Wildman–Crippen MR) is 114 cm³/mol. The summed E-state index contributed by atoms with van der Waals surface area (Å²) in [5, 5.41) is 12.6. The molecule has 0 aromatic carbocycles. The molecule has 0 aliphatic rings. The Balaban J connectivity index is 1.42. The summed E-state index contributed by atoms with van der Waals surface area (Å²) in [4.78, 5) is 25.4. The molecular weight excluding hydrogens is 390 g/mol. The van der Waals surface area contributed by atoms with Crippen molar-refractivity contribution in [2.45, 2.75) is 18.7 Å². The zero-order valence-electron chi connectivity index (χ0n) is 16.5. The van der Waals surface area contributed by atoms with Gasteiger partial charge in [0.15, 0.2) is 0 Å². The summed E-state index contributed by atoms with van der Waals surface area (Å²) in [6, 6.07) is 7.05. The third-order valence-corrected chi connectivity index (χ3v) is 5.00. The highest BCUT2D eigenvalue weighted by molar-refractivity contribution is 7.98. The van der Waals surface area contributed by atoms with Gasteiger partial charge in [-0.3, -0.25) is 14.8 Å². The summed E-state index contributed by atoms with van der Waals surface area (Å²) in [5.41, 5.74) is 0.889. The lowest BCUT2D eigenvalue weighted by molar-refractivity contribution is 0.344. The number of anilines is 1. The van der Waals surface area contributed by atoms with E-state index in [0.29, 0.717) is 30.2 Å². The van der Waals surface area contributed by atoms with E-state index in [-0.39, 0.29) is 11.3 Å². The molecule has 0 radical (unpaired) electrons. The third kappa shape index (κ3) is 6.65. The molecular formula is C20H25N5O3S. The number of aromatic hydroxyl groups is 1. The minimum absolute atomic E-state index is 0.124. The van der Waals surface area contributed by atoms with Crippen molar-refractivity contribution in [3.8, 4) is 5.75 Å². The van der Waals surface area contributed by atoms with E-state index in [9.17, 15) is 9.90 Å². The molecule has 0 aliphatic heterocycles. The van der Waals surface area contributed by atoms with Crippen LogP contribution in [0, 0.1) is 0 Å². The van der Waals surface area contributed by atoms with Crippen LogP contribution in [0.1, 0.15) is 22.8 Å². The Hall–Kier alpha value is -2.78. The van der Waals surface area contributed by atoms with Crippen LogP contribution in [-0.2, 0) is 18.7 Å². The Kier molecular flexibility index (Phi) is 7.31. The van der Waals surface area contributed by atoms with Crippen LogP contribution < -0.4 is 10.9 Å². The minimum atomic E-state index is -0.218. The summed E-state index contributed by atoms with van der Waals surface area (Å²) in [6.07, 6.45) is 3.35. The normalized spacial score (nSPS) is 11.1. The fourth-order valence-electron chi connectivity index (χ4n) is 2.71. The van der Waals surface area contributed by atoms with Gasteiger partial charge in [0.1, 0.15) is 17.3 Å². The van der Waals surface area contributed by atoms with Gasteiger partial charge < -0.3 is 19.7 Å². The van der Waals surface area contributed by atoms with Gasteiger partial charge >= 0.3 is 0 Å². The van der Waals surface area contributed by atoms with Crippen molar-refractivity contribution in [2.24, 2.45) is 0 Å². The topological polar surface area (TPSA) is 107 Å². The molecule has 29 heavy (non-hydrogen) atoms. The number of nitrogens with one attached hydrogen (secondary N) is 2. The molecule has 0 saturated heterocycles. The van der Waals surface area contributed by atoms with Crippen molar-refractivity contribution in [1.82, 2.24) is 19.9 Å². The molecule has 0 amide bonds. The SMILES string of the molecule is CN(C)Cc1ccc(CSCCNc2ncc(Cc3cc(O)ccn3)c(=O)[nH]2)o1. The van der Waals surface area contributed by atoms with Gasteiger partial charge in [-0.1, -0.05) is 0 Å². The van der Waals surface area contributed by atoms with E-state index in [1.807, 2.05) is 26.2 Å². The Morgan fingerprint density at radius 3 is 2.83 bits per heavy atom. The summed E-state index contributed by atoms with van der Waals surface area (Å²) >= 11 is 1.75. The van der Waals surface area contributed by atoms with Crippen LogP contribution in [-0.4, -0.2) is 51.4 Å². The zero-order chi connectivity index (χ0) is 20.6. The standard InChI is InChI=1S/C20H25N5O3S/c1-25(2)12-17-3-4-18(28-17)13-29-8-7-22-20-23-11-14(19(27)24-20)9-15-10-16(26)5-6-21-15/h3-6,10-11H,7-9,12-13H2,1-2H3,(H,21,26)(H2,22,23,24,27). The fourth-order valence-corrected chi connectivity index (χ4v) is 3.45. The molecule has 0 spiro atoms. The number of thioether (sulfide) groups is 1. The molecule has 8 nitrogen and oxygen atoms in total. The summed E-state index contributed by atoms with van der Waals surface area (Å²) in [6.45, 7) is 1.47. The molecule has 9 heteroatoms. The van der Waals surface area contributed by atoms with Gasteiger partial charge in [0.05, 0.1) is 12.3 Å². The third-order valence-electron chi connectivity index (χ3n) is 4.02. The largest absolute Gasteiger partial charge is 0.508 e. The molecule has 0 atom stereocenters. The maximum absolute atomic E-state index is 12.2. The van der Waals surface area contributed by atoms with E-state index in [1.54, 1.807) is 11.8 Å². The number of H-pyrrole nitrogens is 1. The summed E-state index contributed by atoms with van der Waals surface area (Å²) in [5.74, 6) is 4.14. The number of pyridine rings is 1. The lowest BCUT2D eigenvalue weighted by atomic mass is 10.1. The lowest BCUT2D eigenvalue weighted by Crippen LogP contribution is -2.18. The molecule has 3 heterocycles. The van der Waals surface area contributed by atoms with Crippen LogP contribution in [0.2, 0.25) is 0 Å². The first kappa shape index (κ1) is 20.9. The van der Waals surface area contributed by atoms with Crippen molar-refractivity contribution in [3.63, 3.8) is 0 Å². The molecule has 3 aromatic rings. The number of aromatic nitrogens is 3. The Labute approximate surface area is 173 Å². The van der Waals surface area contributed by atoms with Gasteiger partial charge in [0.2, 0.25) is 5.95 Å². The van der Waals surface area contributed by atoms with Crippen molar-refractivity contribution >= 4 is 17.7 Å². The van der Waals surface area contributed by atoms with Crippen LogP contribution in [0.3, 0.4) is 0 Å². The van der Waals surface area contributed by atoms with E-state index in [0.717, 1.165) is 29.6 Å². The second-order valence-corrected chi connectivity index (χ2v) is 7.96. The molecule has 3 rings (SSSR count). The minimum Gasteiger partial charge on any atom is -0.508 e. The summed E-state index contributed by atoms with van der Waals surface area (Å²) < 4.78 is 5.78. The number of furan rings is 1. The number of rotatable bonds is 10. The molecule has 0 bridgehead atoms. The fraction of sp³-hybridized carbons (Fsp3) is 0.350. The number of nitrogens with zero attached hydrogens (tertiary/aromatic N) is 3. The first-order chi connectivity index (χ1) is 14.0. The second kappa shape index (κ2) is 10.1. The Morgan fingerprint density at radius 2 is 2.07 bits per heavy atom. The van der Waals surface area contributed by atoms with Gasteiger partial charge in [-0.05, 0) is 32.3 Å². The second-order valence-electron chi connectivity index (χ2n) is 6.85. The van der Waals surface area contributed by atoms with Crippen molar-refractivity contribution in [2.75, 3.05) is 31.7 Å². The maximum atomic E-state index is 12.2. The monoisotopic (exact) mass is 415 g/mol. The first-order valence-electron chi connectivity index (χ1n) is 9.25. The van der Waals surface area contributed by atoms with Crippen LogP contribution in [0.15, 0.2) is 45.9 Å². The van der Waals surface area contributed by atoms with E-state index in [2.05, 4.69) is 25.2 Å². The van der Waals surface area contributed by atoms with Crippen molar-refractivity contribution in [1.29, 1.82) is 0 Å². The highest BCUT2D eigenvalue weighted by Crippen LogP contribution is 2.16. The molecule has 0 fully saturated rings. The van der Waals surface area contributed by atoms with Gasteiger partial charge in [-0.15, -0.1) is 0 Å². The lowest BCUT2D eigenvalue weighted by Gasteiger charge is -2.07. The van der Waals surface area contributed by atoms with Crippen LogP contribution >= 0.6 is 11.8 Å². The van der Waals surface area contributed by atoms with Crippen LogP contribution in [0.4, 0.5) is 5.95 Å². The average Bonchev–Trinajstić information content (AvgIpc) is 3.10. The van der Waals surface area contributed by atoms with Crippen LogP contribution in [0.25, 0.3) is 0 Å². The van der Waals surface area contributed by atoms with Crippen molar-refractivity contribution in [3.05, 3.63) is 69.8 Å². The van der Waals surface area contributed by atoms with Gasteiger partial charge in [-0.2, -0.15) is 11.8 Å². The average molecular weight is 416 g/mol. The highest BCUT2D eigenvalue weighted by Gasteiger charge is 2.06. The first-order valence-corrected chi connectivity index (χ1v) is 10.4. The number of hydrogen-bond donors (Lipinski definition) is 3. The molecule has 3 N–H and O–H groups in total. The van der Waals surface area contributed by atoms with Gasteiger partial charge in [0.25, 0.3) is 5.56 Å². The quantitative estimate of drug-likeness (QED) is 0.434. The van der Waals surface area contributed by atoms with Crippen LogP contribution in [0.5, 0.6) is 5.75 Å². The molecule has 0 unspecified atom stereocenters. The van der Waals surface area contributed by atoms with Gasteiger partial charge in [-0.25, -0.2) is 4.98 Å². The van der Waals surface area contributed by atoms with E-state index < -0.39 is 0 Å². The number of hydrogen-bond acceptors (Lipinski definition) is 8. The summed E-state index contributed by atoms with van der Waals surface area (Å²) in [7, 11) is 4.02. The molecule has 154 valence electrons. The van der Waals surface area contributed by atoms with E-state index in [4.69, 9.17) is 4.42 Å².